The average molecular weight is 400 g/mol. The molecule has 1 aromatic rings. The zero-order valence-corrected chi connectivity index (χ0v) is 16.3. The summed E-state index contributed by atoms with van der Waals surface area (Å²) in [5, 5.41) is 11.5. The molecule has 0 saturated carbocycles. The zero-order valence-electron chi connectivity index (χ0n) is 15.5. The maximum absolute atomic E-state index is 13.0. The number of rotatable bonds is 8. The lowest BCUT2D eigenvalue weighted by molar-refractivity contribution is -0.142. The molecule has 2 unspecified atom stereocenters. The van der Waals surface area contributed by atoms with Gasteiger partial charge in [0.1, 0.15) is 12.1 Å². The number of carbonyl (C=O) groups is 2. The lowest BCUT2D eigenvalue weighted by Gasteiger charge is -2.25. The van der Waals surface area contributed by atoms with Gasteiger partial charge in [0, 0.05) is 12.6 Å². The number of hydrogen-bond acceptors (Lipinski definition) is 6. The number of benzene rings is 1. The third-order valence-electron chi connectivity index (χ3n) is 4.49. The maximum Gasteiger partial charge on any atom is 0.326 e. The molecule has 1 aliphatic rings. The molecular weight excluding hydrogens is 376 g/mol. The van der Waals surface area contributed by atoms with E-state index >= 15 is 0 Å². The van der Waals surface area contributed by atoms with Crippen molar-refractivity contribution in [3.8, 4) is 11.5 Å². The summed E-state index contributed by atoms with van der Waals surface area (Å²) in [6.45, 7) is 1.81. The highest BCUT2D eigenvalue weighted by Gasteiger charge is 2.40. The average Bonchev–Trinajstić information content (AvgIpc) is 3.15. The van der Waals surface area contributed by atoms with E-state index in [0.717, 1.165) is 4.31 Å². The molecule has 0 aromatic heterocycles. The highest BCUT2D eigenvalue weighted by atomic mass is 32.2. The largest absolute Gasteiger partial charge is 0.493 e. The molecule has 10 heteroatoms. The Morgan fingerprint density at radius 2 is 1.96 bits per heavy atom. The minimum absolute atomic E-state index is 0.0230. The first-order chi connectivity index (χ1) is 12.8. The Morgan fingerprint density at radius 3 is 2.52 bits per heavy atom. The van der Waals surface area contributed by atoms with Crippen LogP contribution >= 0.6 is 0 Å². The smallest absolute Gasteiger partial charge is 0.326 e. The highest BCUT2D eigenvalue weighted by Crippen LogP contribution is 2.33. The van der Waals surface area contributed by atoms with Crippen molar-refractivity contribution in [3.05, 3.63) is 18.2 Å². The number of carboxylic acids is 1. The zero-order chi connectivity index (χ0) is 20.2. The molecule has 9 nitrogen and oxygen atoms in total. The van der Waals surface area contributed by atoms with Crippen LogP contribution in [-0.2, 0) is 19.6 Å². The van der Waals surface area contributed by atoms with Gasteiger partial charge in [-0.3, -0.25) is 4.79 Å². The van der Waals surface area contributed by atoms with Crippen molar-refractivity contribution in [1.82, 2.24) is 9.62 Å². The predicted molar refractivity (Wildman–Crippen MR) is 96.3 cm³/mol. The Balaban J connectivity index is 2.29. The molecule has 2 rings (SSSR count). The van der Waals surface area contributed by atoms with E-state index in [1.165, 1.54) is 32.4 Å². The summed E-state index contributed by atoms with van der Waals surface area (Å²) in [5.41, 5.74) is 0. The van der Waals surface area contributed by atoms with E-state index in [-0.39, 0.29) is 23.6 Å². The lowest BCUT2D eigenvalue weighted by Crippen LogP contribution is -2.50. The summed E-state index contributed by atoms with van der Waals surface area (Å²) >= 11 is 0. The van der Waals surface area contributed by atoms with Gasteiger partial charge in [-0.1, -0.05) is 6.92 Å². The van der Waals surface area contributed by atoms with Crippen LogP contribution < -0.4 is 14.8 Å². The summed E-state index contributed by atoms with van der Waals surface area (Å²) in [4.78, 5) is 23.6. The van der Waals surface area contributed by atoms with Crippen molar-refractivity contribution >= 4 is 21.9 Å². The molecule has 1 fully saturated rings. The molecule has 1 heterocycles. The van der Waals surface area contributed by atoms with Crippen LogP contribution in [0.1, 0.15) is 26.2 Å². The number of hydrogen-bond donors (Lipinski definition) is 2. The summed E-state index contributed by atoms with van der Waals surface area (Å²) in [6, 6.07) is 2.21. The van der Waals surface area contributed by atoms with Gasteiger partial charge in [-0.2, -0.15) is 4.31 Å². The molecule has 1 aromatic carbocycles. The third-order valence-corrected chi connectivity index (χ3v) is 6.39. The molecule has 0 spiro atoms. The molecular formula is C17H24N2O7S. The van der Waals surface area contributed by atoms with Crippen molar-refractivity contribution < 1.29 is 32.6 Å². The van der Waals surface area contributed by atoms with E-state index in [4.69, 9.17) is 14.6 Å². The minimum Gasteiger partial charge on any atom is -0.493 e. The minimum atomic E-state index is -3.96. The van der Waals surface area contributed by atoms with Crippen LogP contribution in [0.25, 0.3) is 0 Å². The number of amides is 1. The van der Waals surface area contributed by atoms with Crippen molar-refractivity contribution in [2.75, 3.05) is 20.8 Å². The Bertz CT molecular complexity index is 809. The van der Waals surface area contributed by atoms with Crippen LogP contribution in [0.5, 0.6) is 11.5 Å². The molecule has 150 valence electrons. The van der Waals surface area contributed by atoms with Gasteiger partial charge in [0.25, 0.3) is 0 Å². The molecule has 2 N–H and O–H groups in total. The summed E-state index contributed by atoms with van der Waals surface area (Å²) < 4.78 is 37.5. The highest BCUT2D eigenvalue weighted by molar-refractivity contribution is 7.89. The summed E-state index contributed by atoms with van der Waals surface area (Å²) in [7, 11) is -1.12. The Labute approximate surface area is 158 Å². The first kappa shape index (κ1) is 21.0. The second-order valence-corrected chi connectivity index (χ2v) is 7.99. The van der Waals surface area contributed by atoms with E-state index < -0.39 is 34.0 Å². The Hall–Kier alpha value is -2.33. The standard InChI is InChI=1S/C17H24N2O7S/c1-4-12(17(21)22)18-16(20)13-6-5-9-19(13)27(23,24)11-7-8-14(25-2)15(10-11)26-3/h7-8,10,12-13H,4-6,9H2,1-3H3,(H,18,20)(H,21,22). The van der Waals surface area contributed by atoms with Gasteiger partial charge >= 0.3 is 5.97 Å². The molecule has 1 amide bonds. The van der Waals surface area contributed by atoms with Crippen molar-refractivity contribution in [2.45, 2.75) is 43.2 Å². The number of ether oxygens (including phenoxy) is 2. The van der Waals surface area contributed by atoms with E-state index in [9.17, 15) is 18.0 Å². The number of aliphatic carboxylic acids is 1. The number of sulfonamides is 1. The molecule has 1 aliphatic heterocycles. The predicted octanol–water partition coefficient (Wildman–Crippen LogP) is 0.836. The van der Waals surface area contributed by atoms with Gasteiger partial charge in [-0.15, -0.1) is 0 Å². The second kappa shape index (κ2) is 8.57. The number of carbonyl (C=O) groups excluding carboxylic acids is 1. The van der Waals surface area contributed by atoms with Gasteiger partial charge in [0.2, 0.25) is 15.9 Å². The van der Waals surface area contributed by atoms with E-state index in [0.29, 0.717) is 18.6 Å². The van der Waals surface area contributed by atoms with Gasteiger partial charge in [0.15, 0.2) is 11.5 Å². The van der Waals surface area contributed by atoms with Crippen LogP contribution in [0.4, 0.5) is 0 Å². The monoisotopic (exact) mass is 400 g/mol. The fourth-order valence-corrected chi connectivity index (χ4v) is 4.68. The van der Waals surface area contributed by atoms with Gasteiger partial charge in [-0.25, -0.2) is 13.2 Å². The number of carboxylic acid groups (broad SMARTS) is 1. The maximum atomic E-state index is 13.0. The molecule has 0 aliphatic carbocycles. The topological polar surface area (TPSA) is 122 Å². The molecule has 1 saturated heterocycles. The van der Waals surface area contributed by atoms with Crippen molar-refractivity contribution in [3.63, 3.8) is 0 Å². The summed E-state index contributed by atoms with van der Waals surface area (Å²) in [5.74, 6) is -1.11. The first-order valence-electron chi connectivity index (χ1n) is 8.53. The molecule has 0 radical (unpaired) electrons. The van der Waals surface area contributed by atoms with Crippen LogP contribution in [0.15, 0.2) is 23.1 Å². The van der Waals surface area contributed by atoms with Crippen LogP contribution in [-0.4, -0.2) is 62.6 Å². The molecule has 2 atom stereocenters. The van der Waals surface area contributed by atoms with E-state index in [1.807, 2.05) is 0 Å². The summed E-state index contributed by atoms with van der Waals surface area (Å²) in [6.07, 6.45) is 1.04. The van der Waals surface area contributed by atoms with E-state index in [1.54, 1.807) is 6.92 Å². The molecule has 0 bridgehead atoms. The number of methoxy groups -OCH3 is 2. The van der Waals surface area contributed by atoms with Crippen LogP contribution in [0.2, 0.25) is 0 Å². The van der Waals surface area contributed by atoms with Gasteiger partial charge < -0.3 is 19.9 Å². The fourth-order valence-electron chi connectivity index (χ4n) is 3.01. The quantitative estimate of drug-likeness (QED) is 0.663. The van der Waals surface area contributed by atoms with Crippen molar-refractivity contribution in [1.29, 1.82) is 0 Å². The third kappa shape index (κ3) is 4.33. The SMILES string of the molecule is CCC(NC(=O)C1CCCN1S(=O)(=O)c1ccc(OC)c(OC)c1)C(=O)O. The second-order valence-electron chi connectivity index (χ2n) is 6.10. The van der Waals surface area contributed by atoms with Gasteiger partial charge in [0.05, 0.1) is 19.1 Å². The number of nitrogens with one attached hydrogen (secondary N) is 1. The Kier molecular flexibility index (Phi) is 6.66. The van der Waals surface area contributed by atoms with E-state index in [2.05, 4.69) is 5.32 Å². The Morgan fingerprint density at radius 1 is 1.30 bits per heavy atom. The lowest BCUT2D eigenvalue weighted by atomic mass is 10.2. The van der Waals surface area contributed by atoms with Gasteiger partial charge in [-0.05, 0) is 31.4 Å². The fraction of sp³-hybridized carbons (Fsp3) is 0.529. The van der Waals surface area contributed by atoms with Crippen molar-refractivity contribution in [2.24, 2.45) is 0 Å². The normalized spacial score (nSPS) is 18.7. The van der Waals surface area contributed by atoms with Crippen LogP contribution in [0, 0.1) is 0 Å². The molecule has 27 heavy (non-hydrogen) atoms. The van der Waals surface area contributed by atoms with Crippen LogP contribution in [0.3, 0.4) is 0 Å². The number of nitrogens with zero attached hydrogens (tertiary/aromatic N) is 1. The first-order valence-corrected chi connectivity index (χ1v) is 9.97.